The van der Waals surface area contributed by atoms with Gasteiger partial charge in [-0.3, -0.25) is 0 Å². The monoisotopic (exact) mass is 254 g/mol. The molecule has 2 N–H and O–H groups in total. The van der Waals surface area contributed by atoms with Gasteiger partial charge in [-0.25, -0.2) is 8.78 Å². The molecule has 0 saturated carbocycles. The zero-order chi connectivity index (χ0) is 13.1. The second-order valence-electron chi connectivity index (χ2n) is 5.06. The SMILES string of the molecule is CN1CCCCC1C(CN)c1ccc(F)c(F)c1. The zero-order valence-electron chi connectivity index (χ0n) is 10.7. The molecule has 0 radical (unpaired) electrons. The first kappa shape index (κ1) is 13.4. The standard InChI is InChI=1S/C14H20F2N2/c1-18-7-3-2-4-14(18)11(9-17)10-5-6-12(15)13(16)8-10/h5-6,8,11,14H,2-4,7,9,17H2,1H3. The average Bonchev–Trinajstić information content (AvgIpc) is 2.37. The van der Waals surface area contributed by atoms with E-state index in [4.69, 9.17) is 5.73 Å². The van der Waals surface area contributed by atoms with Crippen LogP contribution in [0.4, 0.5) is 8.78 Å². The topological polar surface area (TPSA) is 29.3 Å². The lowest BCUT2D eigenvalue weighted by Gasteiger charge is -2.38. The summed E-state index contributed by atoms with van der Waals surface area (Å²) in [5.41, 5.74) is 6.64. The minimum Gasteiger partial charge on any atom is -0.330 e. The lowest BCUT2D eigenvalue weighted by molar-refractivity contribution is 0.160. The third-order valence-corrected chi connectivity index (χ3v) is 3.92. The molecule has 100 valence electrons. The van der Waals surface area contributed by atoms with Crippen molar-refractivity contribution in [3.8, 4) is 0 Å². The Kier molecular flexibility index (Phi) is 4.30. The smallest absolute Gasteiger partial charge is 0.159 e. The lowest BCUT2D eigenvalue weighted by atomic mass is 9.85. The first-order chi connectivity index (χ1) is 8.63. The summed E-state index contributed by atoms with van der Waals surface area (Å²) in [6, 6.07) is 4.46. The number of rotatable bonds is 3. The van der Waals surface area contributed by atoms with Gasteiger partial charge in [-0.2, -0.15) is 0 Å². The van der Waals surface area contributed by atoms with Gasteiger partial charge >= 0.3 is 0 Å². The van der Waals surface area contributed by atoms with Gasteiger partial charge in [0.15, 0.2) is 11.6 Å². The average molecular weight is 254 g/mol. The maximum Gasteiger partial charge on any atom is 0.159 e. The molecule has 2 rings (SSSR count). The van der Waals surface area contributed by atoms with Crippen LogP contribution in [0.15, 0.2) is 18.2 Å². The summed E-state index contributed by atoms with van der Waals surface area (Å²) in [6.45, 7) is 1.50. The van der Waals surface area contributed by atoms with E-state index in [1.807, 2.05) is 0 Å². The van der Waals surface area contributed by atoms with Crippen molar-refractivity contribution in [3.05, 3.63) is 35.4 Å². The van der Waals surface area contributed by atoms with Crippen molar-refractivity contribution in [1.82, 2.24) is 4.90 Å². The Morgan fingerprint density at radius 1 is 1.33 bits per heavy atom. The summed E-state index contributed by atoms with van der Waals surface area (Å²) in [4.78, 5) is 2.28. The molecule has 1 aromatic rings. The van der Waals surface area contributed by atoms with Gasteiger partial charge in [0.05, 0.1) is 0 Å². The highest BCUT2D eigenvalue weighted by Crippen LogP contribution is 2.29. The molecular formula is C14H20F2N2. The van der Waals surface area contributed by atoms with Gasteiger partial charge in [0.25, 0.3) is 0 Å². The molecule has 18 heavy (non-hydrogen) atoms. The van der Waals surface area contributed by atoms with Gasteiger partial charge < -0.3 is 10.6 Å². The van der Waals surface area contributed by atoms with Crippen molar-refractivity contribution in [3.63, 3.8) is 0 Å². The second kappa shape index (κ2) is 5.76. The Hall–Kier alpha value is -1.00. The molecule has 0 aliphatic carbocycles. The Balaban J connectivity index is 2.23. The van der Waals surface area contributed by atoms with E-state index in [2.05, 4.69) is 11.9 Å². The highest BCUT2D eigenvalue weighted by atomic mass is 19.2. The van der Waals surface area contributed by atoms with E-state index in [-0.39, 0.29) is 5.92 Å². The minimum atomic E-state index is -0.800. The number of piperidine rings is 1. The van der Waals surface area contributed by atoms with Crippen LogP contribution in [-0.4, -0.2) is 31.1 Å². The number of benzene rings is 1. The maximum atomic E-state index is 13.3. The van der Waals surface area contributed by atoms with Crippen LogP contribution in [-0.2, 0) is 0 Å². The molecule has 0 spiro atoms. The fraction of sp³-hybridized carbons (Fsp3) is 0.571. The molecule has 1 aliphatic heterocycles. The van der Waals surface area contributed by atoms with Crippen molar-refractivity contribution in [1.29, 1.82) is 0 Å². The molecule has 0 aromatic heterocycles. The Morgan fingerprint density at radius 3 is 2.72 bits per heavy atom. The van der Waals surface area contributed by atoms with Gasteiger partial charge in [0, 0.05) is 18.5 Å². The predicted octanol–water partition coefficient (Wildman–Crippen LogP) is 2.49. The molecule has 2 nitrogen and oxygen atoms in total. The van der Waals surface area contributed by atoms with Crippen LogP contribution < -0.4 is 5.73 Å². The summed E-state index contributed by atoms with van der Waals surface area (Å²) < 4.78 is 26.3. The van der Waals surface area contributed by atoms with Crippen LogP contribution in [0.5, 0.6) is 0 Å². The van der Waals surface area contributed by atoms with Gasteiger partial charge in [-0.1, -0.05) is 12.5 Å². The highest BCUT2D eigenvalue weighted by molar-refractivity contribution is 5.24. The first-order valence-electron chi connectivity index (χ1n) is 6.48. The normalized spacial score (nSPS) is 23.0. The summed E-state index contributed by atoms with van der Waals surface area (Å²) in [6.07, 6.45) is 3.44. The number of nitrogens with two attached hydrogens (primary N) is 1. The molecule has 2 atom stereocenters. The number of hydrogen-bond acceptors (Lipinski definition) is 2. The molecule has 1 aliphatic rings. The Labute approximate surface area is 107 Å². The third-order valence-electron chi connectivity index (χ3n) is 3.92. The van der Waals surface area contributed by atoms with Gasteiger partial charge in [-0.05, 0) is 44.1 Å². The van der Waals surface area contributed by atoms with Crippen molar-refractivity contribution in [2.24, 2.45) is 5.73 Å². The molecule has 1 saturated heterocycles. The van der Waals surface area contributed by atoms with E-state index in [0.717, 1.165) is 18.5 Å². The van der Waals surface area contributed by atoms with Crippen molar-refractivity contribution in [2.75, 3.05) is 20.1 Å². The summed E-state index contributed by atoms with van der Waals surface area (Å²) in [5, 5.41) is 0. The van der Waals surface area contributed by atoms with Crippen LogP contribution in [0.1, 0.15) is 30.7 Å². The molecule has 4 heteroatoms. The third kappa shape index (κ3) is 2.70. The van der Waals surface area contributed by atoms with Crippen LogP contribution in [0.2, 0.25) is 0 Å². The van der Waals surface area contributed by atoms with Gasteiger partial charge in [-0.15, -0.1) is 0 Å². The molecule has 1 fully saturated rings. The highest BCUT2D eigenvalue weighted by Gasteiger charge is 2.28. The minimum absolute atomic E-state index is 0.0744. The fourth-order valence-electron chi connectivity index (χ4n) is 2.87. The molecular weight excluding hydrogens is 234 g/mol. The van der Waals surface area contributed by atoms with Gasteiger partial charge in [0.2, 0.25) is 0 Å². The quantitative estimate of drug-likeness (QED) is 0.898. The van der Waals surface area contributed by atoms with E-state index in [0.29, 0.717) is 12.6 Å². The predicted molar refractivity (Wildman–Crippen MR) is 68.4 cm³/mol. The van der Waals surface area contributed by atoms with Crippen molar-refractivity contribution in [2.45, 2.75) is 31.2 Å². The summed E-state index contributed by atoms with van der Waals surface area (Å²) >= 11 is 0. The first-order valence-corrected chi connectivity index (χ1v) is 6.48. The molecule has 2 unspecified atom stereocenters. The van der Waals surface area contributed by atoms with Crippen LogP contribution in [0.3, 0.4) is 0 Å². The number of likely N-dealkylation sites (tertiary alicyclic amines) is 1. The number of halogens is 2. The molecule has 0 bridgehead atoms. The van der Waals surface area contributed by atoms with E-state index in [1.165, 1.54) is 25.0 Å². The van der Waals surface area contributed by atoms with E-state index in [1.54, 1.807) is 6.07 Å². The van der Waals surface area contributed by atoms with Crippen molar-refractivity contribution < 1.29 is 8.78 Å². The largest absolute Gasteiger partial charge is 0.330 e. The Bertz CT molecular complexity index is 409. The fourth-order valence-corrected chi connectivity index (χ4v) is 2.87. The van der Waals surface area contributed by atoms with E-state index < -0.39 is 11.6 Å². The lowest BCUT2D eigenvalue weighted by Crippen LogP contribution is -2.42. The van der Waals surface area contributed by atoms with E-state index >= 15 is 0 Å². The number of likely N-dealkylation sites (N-methyl/N-ethyl adjacent to an activating group) is 1. The summed E-state index contributed by atoms with van der Waals surface area (Å²) in [5.74, 6) is -1.51. The summed E-state index contributed by atoms with van der Waals surface area (Å²) in [7, 11) is 2.08. The maximum absolute atomic E-state index is 13.3. The van der Waals surface area contributed by atoms with Crippen molar-refractivity contribution >= 4 is 0 Å². The van der Waals surface area contributed by atoms with Crippen LogP contribution in [0, 0.1) is 11.6 Å². The second-order valence-corrected chi connectivity index (χ2v) is 5.06. The van der Waals surface area contributed by atoms with Gasteiger partial charge in [0.1, 0.15) is 0 Å². The van der Waals surface area contributed by atoms with Crippen LogP contribution >= 0.6 is 0 Å². The van der Waals surface area contributed by atoms with Crippen LogP contribution in [0.25, 0.3) is 0 Å². The Morgan fingerprint density at radius 2 is 2.11 bits per heavy atom. The van der Waals surface area contributed by atoms with E-state index in [9.17, 15) is 8.78 Å². The zero-order valence-corrected chi connectivity index (χ0v) is 10.7. The number of hydrogen-bond donors (Lipinski definition) is 1. The molecule has 1 heterocycles. The molecule has 0 amide bonds. The number of nitrogens with zero attached hydrogens (tertiary/aromatic N) is 1. The molecule has 1 aromatic carbocycles.